The van der Waals surface area contributed by atoms with Crippen LogP contribution in [0.25, 0.3) is 0 Å². The van der Waals surface area contributed by atoms with E-state index in [1.807, 2.05) is 6.07 Å². The highest BCUT2D eigenvalue weighted by molar-refractivity contribution is 5.93. The standard InChI is InChI=1S/C16H14O5/c1-10(21-12-5-3-2-4-6-12)14-9-11(15(17)18)7-8-13(14)16(19)20/h2-10H,1H3,(H,17,18)(H,19,20). The van der Waals surface area contributed by atoms with E-state index in [0.717, 1.165) is 0 Å². The summed E-state index contributed by atoms with van der Waals surface area (Å²) in [5.41, 5.74) is 0.383. The van der Waals surface area contributed by atoms with Gasteiger partial charge in [0.15, 0.2) is 0 Å². The fourth-order valence-corrected chi connectivity index (χ4v) is 1.99. The van der Waals surface area contributed by atoms with E-state index in [2.05, 4.69) is 0 Å². The third-order valence-corrected chi connectivity index (χ3v) is 3.02. The van der Waals surface area contributed by atoms with Crippen molar-refractivity contribution in [3.63, 3.8) is 0 Å². The van der Waals surface area contributed by atoms with E-state index in [1.165, 1.54) is 18.2 Å². The largest absolute Gasteiger partial charge is 0.486 e. The number of ether oxygens (including phenoxy) is 1. The number of benzene rings is 2. The number of aromatic carboxylic acids is 2. The van der Waals surface area contributed by atoms with Crippen molar-refractivity contribution in [2.75, 3.05) is 0 Å². The molecule has 5 nitrogen and oxygen atoms in total. The Hall–Kier alpha value is -2.82. The summed E-state index contributed by atoms with van der Waals surface area (Å²) in [5.74, 6) is -1.65. The number of hydrogen-bond acceptors (Lipinski definition) is 3. The second-order valence-electron chi connectivity index (χ2n) is 4.49. The molecular formula is C16H14O5. The van der Waals surface area contributed by atoms with E-state index in [-0.39, 0.29) is 11.1 Å². The first-order chi connectivity index (χ1) is 9.99. The molecule has 0 saturated heterocycles. The Labute approximate surface area is 121 Å². The maximum atomic E-state index is 11.3. The second kappa shape index (κ2) is 6.09. The lowest BCUT2D eigenvalue weighted by Gasteiger charge is -2.17. The van der Waals surface area contributed by atoms with Gasteiger partial charge >= 0.3 is 11.9 Å². The molecule has 0 heterocycles. The molecule has 21 heavy (non-hydrogen) atoms. The molecule has 108 valence electrons. The fraction of sp³-hybridized carbons (Fsp3) is 0.125. The smallest absolute Gasteiger partial charge is 0.336 e. The summed E-state index contributed by atoms with van der Waals surface area (Å²) in [7, 11) is 0. The van der Waals surface area contributed by atoms with E-state index in [9.17, 15) is 14.7 Å². The summed E-state index contributed by atoms with van der Waals surface area (Å²) < 4.78 is 5.67. The van der Waals surface area contributed by atoms with E-state index in [1.54, 1.807) is 31.2 Å². The number of carboxylic acids is 2. The molecule has 2 aromatic rings. The summed E-state index contributed by atoms with van der Waals surface area (Å²) in [5, 5.41) is 18.2. The molecule has 1 atom stereocenters. The first kappa shape index (κ1) is 14.6. The number of hydrogen-bond donors (Lipinski definition) is 2. The zero-order valence-electron chi connectivity index (χ0n) is 11.3. The molecule has 2 rings (SSSR count). The van der Waals surface area contributed by atoms with Gasteiger partial charge in [-0.25, -0.2) is 9.59 Å². The topological polar surface area (TPSA) is 83.8 Å². The zero-order chi connectivity index (χ0) is 15.4. The van der Waals surface area contributed by atoms with Crippen molar-refractivity contribution in [1.82, 2.24) is 0 Å². The molecule has 0 aliphatic rings. The van der Waals surface area contributed by atoms with Crippen LogP contribution < -0.4 is 4.74 Å². The van der Waals surface area contributed by atoms with Crippen LogP contribution in [0.5, 0.6) is 5.75 Å². The van der Waals surface area contributed by atoms with Crippen LogP contribution in [0.4, 0.5) is 0 Å². The van der Waals surface area contributed by atoms with Crippen LogP contribution in [-0.4, -0.2) is 22.2 Å². The highest BCUT2D eigenvalue weighted by Gasteiger charge is 2.19. The van der Waals surface area contributed by atoms with E-state index in [0.29, 0.717) is 11.3 Å². The highest BCUT2D eigenvalue weighted by atomic mass is 16.5. The van der Waals surface area contributed by atoms with Crippen molar-refractivity contribution in [3.05, 3.63) is 65.2 Å². The number of carboxylic acid groups (broad SMARTS) is 2. The Morgan fingerprint density at radius 2 is 1.67 bits per heavy atom. The summed E-state index contributed by atoms with van der Waals surface area (Å²) in [4.78, 5) is 22.3. The van der Waals surface area contributed by atoms with Crippen LogP contribution >= 0.6 is 0 Å². The predicted molar refractivity (Wildman–Crippen MR) is 75.8 cm³/mol. The summed E-state index contributed by atoms with van der Waals surface area (Å²) in [6, 6.07) is 12.8. The predicted octanol–water partition coefficient (Wildman–Crippen LogP) is 3.22. The number of carbonyl (C=O) groups is 2. The Kier molecular flexibility index (Phi) is 4.23. The molecule has 0 aliphatic heterocycles. The third-order valence-electron chi connectivity index (χ3n) is 3.02. The van der Waals surface area contributed by atoms with Gasteiger partial charge in [-0.05, 0) is 37.3 Å². The summed E-state index contributed by atoms with van der Waals surface area (Å²) in [6.45, 7) is 1.68. The highest BCUT2D eigenvalue weighted by Crippen LogP contribution is 2.25. The van der Waals surface area contributed by atoms with Crippen LogP contribution in [0.15, 0.2) is 48.5 Å². The molecule has 0 saturated carbocycles. The van der Waals surface area contributed by atoms with Crippen molar-refractivity contribution < 1.29 is 24.5 Å². The molecule has 1 unspecified atom stereocenters. The van der Waals surface area contributed by atoms with Crippen LogP contribution in [0.2, 0.25) is 0 Å². The molecule has 2 aromatic carbocycles. The average molecular weight is 286 g/mol. The van der Waals surface area contributed by atoms with Gasteiger partial charge in [-0.1, -0.05) is 18.2 Å². The van der Waals surface area contributed by atoms with Crippen molar-refractivity contribution in [1.29, 1.82) is 0 Å². The average Bonchev–Trinajstić information content (AvgIpc) is 2.47. The molecule has 0 fully saturated rings. The number of para-hydroxylation sites is 1. The van der Waals surface area contributed by atoms with E-state index < -0.39 is 18.0 Å². The summed E-state index contributed by atoms with van der Waals surface area (Å²) in [6.07, 6.45) is -0.585. The van der Waals surface area contributed by atoms with Crippen LogP contribution in [0.3, 0.4) is 0 Å². The van der Waals surface area contributed by atoms with Crippen molar-refractivity contribution >= 4 is 11.9 Å². The molecule has 0 amide bonds. The van der Waals surface area contributed by atoms with Gasteiger partial charge in [0, 0.05) is 5.56 Å². The molecular weight excluding hydrogens is 272 g/mol. The molecule has 0 aliphatic carbocycles. The molecule has 0 radical (unpaired) electrons. The SMILES string of the molecule is CC(Oc1ccccc1)c1cc(C(=O)O)ccc1C(=O)O. The minimum Gasteiger partial charge on any atom is -0.486 e. The maximum Gasteiger partial charge on any atom is 0.336 e. The molecule has 5 heteroatoms. The zero-order valence-corrected chi connectivity index (χ0v) is 11.3. The van der Waals surface area contributed by atoms with Gasteiger partial charge in [-0.3, -0.25) is 0 Å². The van der Waals surface area contributed by atoms with Crippen LogP contribution in [0, 0.1) is 0 Å². The van der Waals surface area contributed by atoms with Gasteiger partial charge in [0.2, 0.25) is 0 Å². The van der Waals surface area contributed by atoms with Crippen molar-refractivity contribution in [2.45, 2.75) is 13.0 Å². The van der Waals surface area contributed by atoms with E-state index >= 15 is 0 Å². The van der Waals surface area contributed by atoms with Crippen LogP contribution in [-0.2, 0) is 0 Å². The first-order valence-electron chi connectivity index (χ1n) is 6.31. The Bertz CT molecular complexity index is 664. The Morgan fingerprint density at radius 1 is 1.00 bits per heavy atom. The summed E-state index contributed by atoms with van der Waals surface area (Å²) >= 11 is 0. The van der Waals surface area contributed by atoms with Gasteiger partial charge in [0.25, 0.3) is 0 Å². The Morgan fingerprint density at radius 3 is 2.24 bits per heavy atom. The van der Waals surface area contributed by atoms with Gasteiger partial charge in [0.1, 0.15) is 11.9 Å². The normalized spacial score (nSPS) is 11.7. The van der Waals surface area contributed by atoms with Crippen molar-refractivity contribution in [2.24, 2.45) is 0 Å². The lowest BCUT2D eigenvalue weighted by molar-refractivity contribution is 0.0677. The quantitative estimate of drug-likeness (QED) is 0.881. The fourth-order valence-electron chi connectivity index (χ4n) is 1.99. The monoisotopic (exact) mass is 286 g/mol. The lowest BCUT2D eigenvalue weighted by atomic mass is 10.00. The van der Waals surface area contributed by atoms with Crippen molar-refractivity contribution in [3.8, 4) is 5.75 Å². The second-order valence-corrected chi connectivity index (χ2v) is 4.49. The number of rotatable bonds is 5. The van der Waals surface area contributed by atoms with Gasteiger partial charge < -0.3 is 14.9 Å². The van der Waals surface area contributed by atoms with Gasteiger partial charge in [-0.2, -0.15) is 0 Å². The van der Waals surface area contributed by atoms with Gasteiger partial charge in [-0.15, -0.1) is 0 Å². The van der Waals surface area contributed by atoms with E-state index in [4.69, 9.17) is 9.84 Å². The minimum atomic E-state index is -1.12. The Balaban J connectivity index is 2.37. The molecule has 0 spiro atoms. The third kappa shape index (κ3) is 3.39. The molecule has 0 bridgehead atoms. The maximum absolute atomic E-state index is 11.3. The lowest BCUT2D eigenvalue weighted by Crippen LogP contribution is -2.12. The van der Waals surface area contributed by atoms with Crippen LogP contribution in [0.1, 0.15) is 39.3 Å². The first-order valence-corrected chi connectivity index (χ1v) is 6.31. The molecule has 2 N–H and O–H groups in total. The minimum absolute atomic E-state index is 0.0264. The molecule has 0 aromatic heterocycles. The van der Waals surface area contributed by atoms with Gasteiger partial charge in [0.05, 0.1) is 11.1 Å².